The van der Waals surface area contributed by atoms with Gasteiger partial charge in [0.05, 0.1) is 12.9 Å². The first kappa shape index (κ1) is 22.7. The van der Waals surface area contributed by atoms with Crippen molar-refractivity contribution in [2.75, 3.05) is 12.9 Å². The van der Waals surface area contributed by atoms with Crippen molar-refractivity contribution >= 4 is 29.3 Å². The minimum absolute atomic E-state index is 0.145. The molecule has 1 amide bonds. The van der Waals surface area contributed by atoms with E-state index in [1.165, 1.54) is 18.2 Å². The van der Waals surface area contributed by atoms with Gasteiger partial charge in [0.25, 0.3) is 0 Å². The first-order chi connectivity index (χ1) is 15.5. The summed E-state index contributed by atoms with van der Waals surface area (Å²) in [4.78, 5) is 15.1. The van der Waals surface area contributed by atoms with Crippen molar-refractivity contribution in [2.24, 2.45) is 0 Å². The number of rotatable bonds is 6. The summed E-state index contributed by atoms with van der Waals surface area (Å²) in [5.74, 6) is 1.93. The zero-order valence-corrected chi connectivity index (χ0v) is 20.1. The number of methoxy groups -OCH3 is 1. The summed E-state index contributed by atoms with van der Waals surface area (Å²) in [5.41, 5.74) is 1.80. The Hall–Kier alpha value is -2.51. The Morgan fingerprint density at radius 2 is 1.72 bits per heavy atom. The third-order valence-electron chi connectivity index (χ3n) is 5.87. The van der Waals surface area contributed by atoms with Crippen molar-refractivity contribution in [3.63, 3.8) is 0 Å². The van der Waals surface area contributed by atoms with Crippen molar-refractivity contribution in [3.8, 4) is 22.8 Å². The van der Waals surface area contributed by atoms with E-state index in [1.807, 2.05) is 58.0 Å². The highest BCUT2D eigenvalue weighted by Gasteiger charge is 2.29. The van der Waals surface area contributed by atoms with Crippen LogP contribution >= 0.6 is 23.4 Å². The Kier molecular flexibility index (Phi) is 7.06. The number of ether oxygens (including phenoxy) is 1. The molecule has 1 aliphatic rings. The van der Waals surface area contributed by atoms with E-state index < -0.39 is 0 Å². The fraction of sp³-hybridized carbons (Fsp3) is 0.375. The van der Waals surface area contributed by atoms with E-state index in [9.17, 15) is 4.79 Å². The molecule has 0 bridgehead atoms. The number of aromatic nitrogens is 3. The summed E-state index contributed by atoms with van der Waals surface area (Å²) < 4.78 is 7.28. The van der Waals surface area contributed by atoms with Crippen molar-refractivity contribution < 1.29 is 9.53 Å². The number of piperidine rings is 1. The molecule has 2 atom stereocenters. The molecule has 1 aliphatic heterocycles. The van der Waals surface area contributed by atoms with Gasteiger partial charge in [-0.15, -0.1) is 10.2 Å². The smallest absolute Gasteiger partial charge is 0.233 e. The molecular weight excluding hydrogens is 444 g/mol. The lowest BCUT2D eigenvalue weighted by Crippen LogP contribution is -2.48. The standard InChI is InChI=1S/C24H27ClN4O2S/c1-16-5-4-6-17(2)28(16)22(30)15-32-24-27-26-23(18-7-9-19(25)10-8-18)29(24)20-11-13-21(31-3)14-12-20/h7-14,16-17H,4-6,15H2,1-3H3/t16-,17-/m0/s1. The van der Waals surface area contributed by atoms with Gasteiger partial charge in [-0.1, -0.05) is 23.4 Å². The van der Waals surface area contributed by atoms with E-state index in [-0.39, 0.29) is 18.0 Å². The van der Waals surface area contributed by atoms with Gasteiger partial charge in [-0.2, -0.15) is 0 Å². The minimum atomic E-state index is 0.145. The fourth-order valence-electron chi connectivity index (χ4n) is 4.23. The minimum Gasteiger partial charge on any atom is -0.497 e. The van der Waals surface area contributed by atoms with Gasteiger partial charge < -0.3 is 9.64 Å². The quantitative estimate of drug-likeness (QED) is 0.446. The highest BCUT2D eigenvalue weighted by atomic mass is 35.5. The number of nitrogens with zero attached hydrogens (tertiary/aromatic N) is 4. The highest BCUT2D eigenvalue weighted by molar-refractivity contribution is 7.99. The molecular formula is C24H27ClN4O2S. The number of thioether (sulfide) groups is 1. The molecule has 4 rings (SSSR count). The van der Waals surface area contributed by atoms with Crippen LogP contribution in [0.4, 0.5) is 0 Å². The highest BCUT2D eigenvalue weighted by Crippen LogP contribution is 2.31. The molecule has 32 heavy (non-hydrogen) atoms. The fourth-order valence-corrected chi connectivity index (χ4v) is 5.17. The van der Waals surface area contributed by atoms with E-state index in [1.54, 1.807) is 7.11 Å². The molecule has 0 radical (unpaired) electrons. The number of hydrogen-bond acceptors (Lipinski definition) is 5. The average Bonchev–Trinajstić information content (AvgIpc) is 3.22. The van der Waals surface area contributed by atoms with Gasteiger partial charge in [-0.3, -0.25) is 9.36 Å². The number of amides is 1. The van der Waals surface area contributed by atoms with Gasteiger partial charge in [-0.25, -0.2) is 0 Å². The van der Waals surface area contributed by atoms with Crippen molar-refractivity contribution in [2.45, 2.75) is 50.4 Å². The number of carbonyl (C=O) groups excluding carboxylic acids is 1. The maximum Gasteiger partial charge on any atom is 0.233 e. The van der Waals surface area contributed by atoms with E-state index in [4.69, 9.17) is 16.3 Å². The number of benzene rings is 2. The van der Waals surface area contributed by atoms with Gasteiger partial charge in [0.1, 0.15) is 5.75 Å². The summed E-state index contributed by atoms with van der Waals surface area (Å²) in [6.07, 6.45) is 3.29. The van der Waals surface area contributed by atoms with E-state index in [2.05, 4.69) is 24.0 Å². The molecule has 2 aromatic carbocycles. The van der Waals surface area contributed by atoms with Crippen LogP contribution in [0.3, 0.4) is 0 Å². The second kappa shape index (κ2) is 9.96. The maximum absolute atomic E-state index is 13.1. The summed E-state index contributed by atoms with van der Waals surface area (Å²) in [5, 5.41) is 10.2. The van der Waals surface area contributed by atoms with Crippen LogP contribution in [0.2, 0.25) is 5.02 Å². The van der Waals surface area contributed by atoms with Crippen LogP contribution in [0.1, 0.15) is 33.1 Å². The Labute approximate surface area is 197 Å². The molecule has 0 spiro atoms. The Balaban J connectivity index is 1.64. The summed E-state index contributed by atoms with van der Waals surface area (Å²) in [7, 11) is 1.64. The second-order valence-corrected chi connectivity index (χ2v) is 9.44. The number of hydrogen-bond donors (Lipinski definition) is 0. The Morgan fingerprint density at radius 1 is 1.06 bits per heavy atom. The molecule has 0 unspecified atom stereocenters. The van der Waals surface area contributed by atoms with Crippen LogP contribution in [0.5, 0.6) is 5.75 Å². The molecule has 1 saturated heterocycles. The molecule has 6 nitrogen and oxygen atoms in total. The molecule has 8 heteroatoms. The van der Waals surface area contributed by atoms with Gasteiger partial charge in [-0.05, 0) is 81.6 Å². The lowest BCUT2D eigenvalue weighted by molar-refractivity contribution is -0.134. The van der Waals surface area contributed by atoms with Crippen LogP contribution in [0.25, 0.3) is 17.1 Å². The van der Waals surface area contributed by atoms with E-state index in [0.29, 0.717) is 21.8 Å². The maximum atomic E-state index is 13.1. The third-order valence-corrected chi connectivity index (χ3v) is 7.04. The molecule has 0 N–H and O–H groups in total. The monoisotopic (exact) mass is 470 g/mol. The largest absolute Gasteiger partial charge is 0.497 e. The van der Waals surface area contributed by atoms with Crippen LogP contribution < -0.4 is 4.74 Å². The van der Waals surface area contributed by atoms with Gasteiger partial charge in [0, 0.05) is 28.4 Å². The van der Waals surface area contributed by atoms with Gasteiger partial charge in [0.2, 0.25) is 5.91 Å². The van der Waals surface area contributed by atoms with Gasteiger partial charge >= 0.3 is 0 Å². The number of carbonyl (C=O) groups is 1. The van der Waals surface area contributed by atoms with Crippen molar-refractivity contribution in [1.29, 1.82) is 0 Å². The molecule has 0 saturated carbocycles. The predicted molar refractivity (Wildman–Crippen MR) is 129 cm³/mol. The first-order valence-electron chi connectivity index (χ1n) is 10.8. The summed E-state index contributed by atoms with van der Waals surface area (Å²) in [6, 6.07) is 15.8. The van der Waals surface area contributed by atoms with Crippen LogP contribution in [-0.4, -0.2) is 50.5 Å². The van der Waals surface area contributed by atoms with Crippen LogP contribution in [0.15, 0.2) is 53.7 Å². The van der Waals surface area contributed by atoms with Crippen LogP contribution in [-0.2, 0) is 4.79 Å². The molecule has 0 aliphatic carbocycles. The molecule has 2 heterocycles. The lowest BCUT2D eigenvalue weighted by atomic mass is 9.98. The summed E-state index contributed by atoms with van der Waals surface area (Å²) in [6.45, 7) is 4.27. The van der Waals surface area contributed by atoms with E-state index >= 15 is 0 Å². The topological polar surface area (TPSA) is 60.2 Å². The zero-order chi connectivity index (χ0) is 22.7. The van der Waals surface area contributed by atoms with Crippen molar-refractivity contribution in [1.82, 2.24) is 19.7 Å². The Bertz CT molecular complexity index is 1060. The normalized spacial score (nSPS) is 18.6. The number of likely N-dealkylation sites (tertiary alicyclic amines) is 1. The zero-order valence-electron chi connectivity index (χ0n) is 18.5. The van der Waals surface area contributed by atoms with Gasteiger partial charge in [0.15, 0.2) is 11.0 Å². The SMILES string of the molecule is COc1ccc(-n2c(SCC(=O)N3[C@@H](C)CCC[C@@H]3C)nnc2-c2ccc(Cl)cc2)cc1. The average molecular weight is 471 g/mol. The third kappa shape index (κ3) is 4.79. The first-order valence-corrected chi connectivity index (χ1v) is 12.1. The van der Waals surface area contributed by atoms with E-state index in [0.717, 1.165) is 29.8 Å². The number of halogens is 1. The second-order valence-electron chi connectivity index (χ2n) is 8.07. The Morgan fingerprint density at radius 3 is 2.34 bits per heavy atom. The van der Waals surface area contributed by atoms with Crippen molar-refractivity contribution in [3.05, 3.63) is 53.6 Å². The lowest BCUT2D eigenvalue weighted by Gasteiger charge is -2.39. The molecule has 1 fully saturated rings. The predicted octanol–water partition coefficient (Wildman–Crippen LogP) is 5.48. The van der Waals surface area contributed by atoms with Crippen LogP contribution in [0, 0.1) is 0 Å². The molecule has 168 valence electrons. The molecule has 1 aromatic heterocycles. The summed E-state index contributed by atoms with van der Waals surface area (Å²) >= 11 is 7.49. The molecule has 3 aromatic rings.